The Balaban J connectivity index is 1.67. The van der Waals surface area contributed by atoms with Gasteiger partial charge in [-0.25, -0.2) is 4.79 Å². The molecule has 3 heterocycles. The zero-order chi connectivity index (χ0) is 51.7. The van der Waals surface area contributed by atoms with Gasteiger partial charge in [-0.2, -0.15) is 0 Å². The van der Waals surface area contributed by atoms with Gasteiger partial charge in [-0.3, -0.25) is 19.2 Å². The number of rotatable bonds is 10. The lowest BCUT2D eigenvalue weighted by molar-refractivity contribution is -0.282. The number of carbonyl (C=O) groups is 5. The molecule has 0 aromatic carbocycles. The molecule has 70 heavy (non-hydrogen) atoms. The molecule has 2 N–H and O–H groups in total. The van der Waals surface area contributed by atoms with Gasteiger partial charge in [0.15, 0.2) is 11.6 Å². The predicted octanol–water partition coefficient (Wildman–Crippen LogP) is 7.24. The van der Waals surface area contributed by atoms with Crippen LogP contribution in [0.1, 0.15) is 132 Å². The Morgan fingerprint density at radius 3 is 2.26 bits per heavy atom. The van der Waals surface area contributed by atoms with E-state index in [0.29, 0.717) is 70.2 Å². The summed E-state index contributed by atoms with van der Waals surface area (Å²) in [5.74, 6) is -6.58. The molecule has 0 aromatic heterocycles. The lowest BCUT2D eigenvalue weighted by Crippen LogP contribution is -2.54. The number of carbonyl (C=O) groups excluding carboxylic acids is 5. The van der Waals surface area contributed by atoms with E-state index in [2.05, 4.69) is 0 Å². The molecular formula is C55H87NO14. The van der Waals surface area contributed by atoms with Crippen molar-refractivity contribution in [3.8, 4) is 0 Å². The molecule has 1 amide bonds. The summed E-state index contributed by atoms with van der Waals surface area (Å²) in [7, 11) is 6.30. The van der Waals surface area contributed by atoms with Crippen LogP contribution in [-0.2, 0) is 57.1 Å². The number of allylic oxidation sites excluding steroid dienone is 6. The largest absolute Gasteiger partial charge is 0.460 e. The van der Waals surface area contributed by atoms with Crippen molar-refractivity contribution >= 4 is 29.2 Å². The maximum absolute atomic E-state index is 14.5. The summed E-state index contributed by atoms with van der Waals surface area (Å²) in [6, 6.07) is -1.08. The summed E-state index contributed by atoms with van der Waals surface area (Å²) in [5, 5.41) is 23.4. The predicted molar refractivity (Wildman–Crippen MR) is 265 cm³/mol. The van der Waals surface area contributed by atoms with Gasteiger partial charge in [0.1, 0.15) is 30.1 Å². The standard InChI is InChI=1S/C55H87NO14/c1-34-17-13-12-14-18-35(2)47(65-9)31-42-22-20-40(7)55(63,70-42)33-45(58)53(61)56-24-16-15-19-43(56)54(62)69-48(37(4)29-41-21-23-46(49(30-41)66-10)68-26-25-64-8)32-44(57)36(3)28-39(6)51(60)52(67-11)50(59)38(5)27-34/h12-14,17-18,28,34,36-38,40-43,46-49,51-52,60,63H,15-16,19-27,29-33H2,1-11H3/b14-12+,17-13+,35-18+,39-28+/t34-,36-,37-,38-,40-,41+,42+,43+,46-,47+,48+,49-,51-,52+,55+/m1/s1. The number of hydrogen-bond donors (Lipinski definition) is 2. The topological polar surface area (TPSA) is 194 Å². The fraction of sp³-hybridized carbons (Fsp3) is 0.764. The fourth-order valence-electron chi connectivity index (χ4n) is 10.8. The molecule has 15 heteroatoms. The smallest absolute Gasteiger partial charge is 0.329 e. The second-order valence-corrected chi connectivity index (χ2v) is 20.8. The Morgan fingerprint density at radius 1 is 0.829 bits per heavy atom. The Kier molecular flexibility index (Phi) is 24.3. The van der Waals surface area contributed by atoms with E-state index in [1.54, 1.807) is 48.2 Å². The molecule has 4 aliphatic rings. The van der Waals surface area contributed by atoms with Crippen molar-refractivity contribution in [1.82, 2.24) is 4.90 Å². The first-order valence-corrected chi connectivity index (χ1v) is 25.8. The molecule has 3 aliphatic heterocycles. The number of methoxy groups -OCH3 is 4. The van der Waals surface area contributed by atoms with Crippen LogP contribution in [0.5, 0.6) is 0 Å². The summed E-state index contributed by atoms with van der Waals surface area (Å²) in [6.45, 7) is 14.0. The molecule has 396 valence electrons. The number of fused-ring (bicyclic) bond motifs is 3. The first kappa shape index (κ1) is 59.2. The van der Waals surface area contributed by atoms with E-state index in [-0.39, 0.29) is 67.0 Å². The number of piperidine rings is 1. The molecule has 3 fully saturated rings. The summed E-state index contributed by atoms with van der Waals surface area (Å²) >= 11 is 0. The van der Waals surface area contributed by atoms with Gasteiger partial charge in [0.05, 0.1) is 44.1 Å². The molecule has 0 radical (unpaired) electrons. The Morgan fingerprint density at radius 2 is 1.57 bits per heavy atom. The van der Waals surface area contributed by atoms with Gasteiger partial charge in [-0.05, 0) is 107 Å². The van der Waals surface area contributed by atoms with Gasteiger partial charge in [0.2, 0.25) is 5.78 Å². The van der Waals surface area contributed by atoms with E-state index >= 15 is 0 Å². The summed E-state index contributed by atoms with van der Waals surface area (Å²) in [5.41, 5.74) is 1.32. The minimum absolute atomic E-state index is 0.0265. The molecule has 0 aromatic rings. The normalized spacial score (nSPS) is 38.6. The zero-order valence-corrected chi connectivity index (χ0v) is 44.1. The number of aliphatic hydroxyl groups is 2. The van der Waals surface area contributed by atoms with Crippen molar-refractivity contribution in [1.29, 1.82) is 0 Å². The van der Waals surface area contributed by atoms with Gasteiger partial charge in [-0.1, -0.05) is 71.1 Å². The number of hydrogen-bond acceptors (Lipinski definition) is 14. The number of aliphatic hydroxyl groups excluding tert-OH is 1. The molecule has 1 saturated carbocycles. The molecule has 1 aliphatic carbocycles. The van der Waals surface area contributed by atoms with Crippen molar-refractivity contribution in [3.63, 3.8) is 0 Å². The third-order valence-electron chi connectivity index (χ3n) is 15.3. The maximum Gasteiger partial charge on any atom is 0.329 e. The number of cyclic esters (lactones) is 1. The van der Waals surface area contributed by atoms with Crippen LogP contribution in [-0.4, -0.2) is 147 Å². The highest BCUT2D eigenvalue weighted by atomic mass is 16.6. The van der Waals surface area contributed by atoms with E-state index < -0.39 is 78.1 Å². The first-order chi connectivity index (χ1) is 33.3. The maximum atomic E-state index is 14.5. The Bertz CT molecular complexity index is 1840. The van der Waals surface area contributed by atoms with Crippen LogP contribution < -0.4 is 0 Å². The average molecular weight is 986 g/mol. The highest BCUT2D eigenvalue weighted by Gasteiger charge is 2.47. The minimum Gasteiger partial charge on any atom is -0.460 e. The van der Waals surface area contributed by atoms with Crippen LogP contribution in [0.4, 0.5) is 0 Å². The van der Waals surface area contributed by atoms with Gasteiger partial charge in [0, 0.05) is 65.6 Å². The summed E-state index contributed by atoms with van der Waals surface area (Å²) < 4.78 is 41.2. The third-order valence-corrected chi connectivity index (χ3v) is 15.3. The highest BCUT2D eigenvalue weighted by Crippen LogP contribution is 2.38. The van der Waals surface area contributed by atoms with Crippen LogP contribution >= 0.6 is 0 Å². The van der Waals surface area contributed by atoms with E-state index in [1.165, 1.54) is 12.0 Å². The lowest BCUT2D eigenvalue weighted by Gasteiger charge is -2.43. The van der Waals surface area contributed by atoms with Crippen molar-refractivity contribution in [2.45, 2.75) is 186 Å². The molecule has 0 spiro atoms. The van der Waals surface area contributed by atoms with Crippen LogP contribution in [0.2, 0.25) is 0 Å². The molecule has 15 atom stereocenters. The Hall–Kier alpha value is -3.41. The first-order valence-electron chi connectivity index (χ1n) is 25.8. The van der Waals surface area contributed by atoms with Gasteiger partial charge in [0.25, 0.3) is 5.91 Å². The zero-order valence-electron chi connectivity index (χ0n) is 44.1. The van der Waals surface area contributed by atoms with E-state index in [9.17, 15) is 34.2 Å². The molecular weight excluding hydrogens is 899 g/mol. The number of esters is 1. The molecule has 2 bridgehead atoms. The summed E-state index contributed by atoms with van der Waals surface area (Å²) in [6.07, 6.45) is 12.7. The highest BCUT2D eigenvalue weighted by molar-refractivity contribution is 6.36. The van der Waals surface area contributed by atoms with Crippen LogP contribution in [0.25, 0.3) is 0 Å². The SMILES string of the molecule is COCCO[C@@H]1CC[C@@H](C[C@@H](C)[C@@H]2CC(=O)[C@H](C)/C=C(\C)[C@@H](O)[C@@H](OC)C(=O)[C@H](C)C[C@H](C)/C=C/C=C/C=C(\C)[C@@H](OC)C[C@@H]3CC[C@@H](C)[C@](O)(CC(=O)C(=O)N4CCCC[C@H]4C(=O)O2)O3)C[C@H]1OC. The number of ether oxygens (including phenoxy) is 7. The molecule has 2 saturated heterocycles. The van der Waals surface area contributed by atoms with E-state index in [1.807, 2.05) is 58.1 Å². The van der Waals surface area contributed by atoms with E-state index in [4.69, 9.17) is 33.2 Å². The van der Waals surface area contributed by atoms with Crippen LogP contribution in [0, 0.1) is 35.5 Å². The number of Topliss-reactive ketones (excluding diaryl/α,β-unsaturated/α-hetero) is 3. The fourth-order valence-corrected chi connectivity index (χ4v) is 10.8. The quantitative estimate of drug-likeness (QED) is 0.0963. The number of ketones is 3. The van der Waals surface area contributed by atoms with Crippen molar-refractivity contribution in [2.24, 2.45) is 35.5 Å². The molecule has 15 nitrogen and oxygen atoms in total. The lowest BCUT2D eigenvalue weighted by atomic mass is 9.78. The summed E-state index contributed by atoms with van der Waals surface area (Å²) in [4.78, 5) is 71.8. The van der Waals surface area contributed by atoms with Gasteiger partial charge >= 0.3 is 5.97 Å². The van der Waals surface area contributed by atoms with E-state index in [0.717, 1.165) is 18.4 Å². The number of amides is 1. The van der Waals surface area contributed by atoms with Crippen LogP contribution in [0.15, 0.2) is 47.6 Å². The molecule has 0 unspecified atom stereocenters. The second kappa shape index (κ2) is 28.7. The minimum atomic E-state index is -1.91. The monoisotopic (exact) mass is 986 g/mol. The van der Waals surface area contributed by atoms with Crippen molar-refractivity contribution in [2.75, 3.05) is 48.2 Å². The second-order valence-electron chi connectivity index (χ2n) is 20.8. The average Bonchev–Trinajstić information content (AvgIpc) is 3.33. The Labute approximate surface area is 418 Å². The van der Waals surface area contributed by atoms with Crippen LogP contribution in [0.3, 0.4) is 0 Å². The van der Waals surface area contributed by atoms with Crippen molar-refractivity contribution in [3.05, 3.63) is 47.6 Å². The van der Waals surface area contributed by atoms with Crippen molar-refractivity contribution < 1.29 is 67.3 Å². The molecule has 4 rings (SSSR count). The van der Waals surface area contributed by atoms with Gasteiger partial charge in [-0.15, -0.1) is 0 Å². The van der Waals surface area contributed by atoms with Gasteiger partial charge < -0.3 is 48.3 Å². The number of nitrogens with zero attached hydrogens (tertiary/aromatic N) is 1. The third kappa shape index (κ3) is 16.8.